The lowest BCUT2D eigenvalue weighted by Gasteiger charge is -2.51. The van der Waals surface area contributed by atoms with Crippen LogP contribution in [0, 0.1) is 11.8 Å². The van der Waals surface area contributed by atoms with Gasteiger partial charge in [0.15, 0.2) is 0 Å². The number of rotatable bonds is 2. The third kappa shape index (κ3) is 1.67. The van der Waals surface area contributed by atoms with Gasteiger partial charge in [-0.1, -0.05) is 0 Å². The van der Waals surface area contributed by atoms with E-state index in [4.69, 9.17) is 5.11 Å². The number of aromatic carboxylic acids is 1. The molecule has 4 rings (SSSR count). The normalized spacial score (nSPS) is 30.9. The van der Waals surface area contributed by atoms with Gasteiger partial charge >= 0.3 is 5.97 Å². The molecule has 2 N–H and O–H groups in total. The van der Waals surface area contributed by atoms with Crippen molar-refractivity contribution in [3.05, 3.63) is 23.9 Å². The summed E-state index contributed by atoms with van der Waals surface area (Å²) in [6.45, 7) is 1.63. The molecule has 1 aliphatic carbocycles. The van der Waals surface area contributed by atoms with Gasteiger partial charge in [0, 0.05) is 31.1 Å². The van der Waals surface area contributed by atoms with E-state index < -0.39 is 5.97 Å². The van der Waals surface area contributed by atoms with Crippen LogP contribution < -0.4 is 4.90 Å². The molecule has 3 atom stereocenters. The number of aliphatic hydroxyl groups is 1. The van der Waals surface area contributed by atoms with Gasteiger partial charge in [-0.05, 0) is 18.6 Å². The molecule has 1 aromatic heterocycles. The summed E-state index contributed by atoms with van der Waals surface area (Å²) in [6.07, 6.45) is 2.34. The number of carboxylic acid groups (broad SMARTS) is 1. The zero-order chi connectivity index (χ0) is 12.0. The monoisotopic (exact) mass is 234 g/mol. The lowest BCUT2D eigenvalue weighted by molar-refractivity contribution is -0.0533. The predicted octanol–water partition coefficient (Wildman–Crippen LogP) is 0.597. The number of aliphatic hydroxyl groups excluding tert-OH is 1. The Morgan fingerprint density at radius 2 is 2.06 bits per heavy atom. The minimum atomic E-state index is -0.957. The fourth-order valence-corrected chi connectivity index (χ4v) is 2.75. The van der Waals surface area contributed by atoms with Gasteiger partial charge in [0.2, 0.25) is 0 Å². The second kappa shape index (κ2) is 3.70. The molecule has 1 saturated carbocycles. The molecule has 0 spiro atoms. The maximum Gasteiger partial charge on any atom is 0.337 e. The zero-order valence-corrected chi connectivity index (χ0v) is 9.28. The van der Waals surface area contributed by atoms with Crippen molar-refractivity contribution < 1.29 is 15.0 Å². The van der Waals surface area contributed by atoms with Gasteiger partial charge < -0.3 is 15.1 Å². The van der Waals surface area contributed by atoms with Crippen molar-refractivity contribution in [3.63, 3.8) is 0 Å². The molecule has 5 nitrogen and oxygen atoms in total. The summed E-state index contributed by atoms with van der Waals surface area (Å²) in [5.41, 5.74) is 0.205. The summed E-state index contributed by atoms with van der Waals surface area (Å²) in [4.78, 5) is 17.0. The highest BCUT2D eigenvalue weighted by Crippen LogP contribution is 2.40. The summed E-state index contributed by atoms with van der Waals surface area (Å²) in [7, 11) is 0. The minimum Gasteiger partial charge on any atom is -0.478 e. The fourth-order valence-electron chi connectivity index (χ4n) is 2.75. The smallest absolute Gasteiger partial charge is 0.337 e. The molecule has 3 fully saturated rings. The summed E-state index contributed by atoms with van der Waals surface area (Å²) in [5.74, 6) is 0.557. The molecule has 5 heteroatoms. The Bertz CT molecular complexity index is 434. The lowest BCUT2D eigenvalue weighted by Crippen LogP contribution is -2.58. The van der Waals surface area contributed by atoms with Crippen LogP contribution in [0.25, 0.3) is 0 Å². The number of hydrogen-bond donors (Lipinski definition) is 2. The SMILES string of the molecule is O=C(O)c1ccc(N2C[C@H]3C[C@@H](C2)C3O)nc1. The van der Waals surface area contributed by atoms with E-state index in [1.165, 1.54) is 6.20 Å². The number of anilines is 1. The van der Waals surface area contributed by atoms with E-state index in [1.54, 1.807) is 12.1 Å². The van der Waals surface area contributed by atoms with Crippen LogP contribution in [0.1, 0.15) is 16.8 Å². The molecule has 2 bridgehead atoms. The van der Waals surface area contributed by atoms with Crippen LogP contribution in [0.2, 0.25) is 0 Å². The standard InChI is InChI=1S/C12H14N2O3/c15-11-8-3-9(11)6-14(5-8)10-2-1-7(4-13-10)12(16)17/h1-2,4,8-9,11,15H,3,5-6H2,(H,16,17)/t8-,9+,11?. The van der Waals surface area contributed by atoms with Crippen molar-refractivity contribution in [1.29, 1.82) is 0 Å². The van der Waals surface area contributed by atoms with Crippen LogP contribution in [-0.2, 0) is 0 Å². The van der Waals surface area contributed by atoms with E-state index in [0.717, 1.165) is 25.3 Å². The summed E-state index contributed by atoms with van der Waals surface area (Å²) in [6, 6.07) is 3.31. The Morgan fingerprint density at radius 3 is 2.53 bits per heavy atom. The number of aromatic nitrogens is 1. The number of hydrogen-bond acceptors (Lipinski definition) is 4. The van der Waals surface area contributed by atoms with Crippen molar-refractivity contribution in [2.75, 3.05) is 18.0 Å². The molecule has 2 saturated heterocycles. The third-order valence-corrected chi connectivity index (χ3v) is 3.80. The molecule has 90 valence electrons. The van der Waals surface area contributed by atoms with E-state index in [1.807, 2.05) is 0 Å². The highest BCUT2D eigenvalue weighted by Gasteiger charge is 2.45. The second-order valence-electron chi connectivity index (χ2n) is 4.86. The Kier molecular flexibility index (Phi) is 2.29. The molecule has 1 aromatic rings. The summed E-state index contributed by atoms with van der Waals surface area (Å²) in [5, 5.41) is 18.5. The van der Waals surface area contributed by atoms with Gasteiger partial charge in [-0.2, -0.15) is 0 Å². The Morgan fingerprint density at radius 1 is 1.35 bits per heavy atom. The van der Waals surface area contributed by atoms with Gasteiger partial charge in [-0.3, -0.25) is 0 Å². The Hall–Kier alpha value is -1.62. The van der Waals surface area contributed by atoms with Crippen LogP contribution in [0.3, 0.4) is 0 Å². The molecule has 3 heterocycles. The Labute approximate surface area is 98.7 Å². The van der Waals surface area contributed by atoms with E-state index in [-0.39, 0.29) is 11.7 Å². The van der Waals surface area contributed by atoms with E-state index >= 15 is 0 Å². The van der Waals surface area contributed by atoms with Crippen LogP contribution in [-0.4, -0.2) is 40.4 Å². The highest BCUT2D eigenvalue weighted by atomic mass is 16.4. The van der Waals surface area contributed by atoms with Gasteiger partial charge in [-0.15, -0.1) is 0 Å². The topological polar surface area (TPSA) is 73.7 Å². The molecule has 1 unspecified atom stereocenters. The molecule has 0 radical (unpaired) electrons. The minimum absolute atomic E-state index is 0.149. The van der Waals surface area contributed by atoms with Crippen LogP contribution in [0.4, 0.5) is 5.82 Å². The number of piperidine rings is 2. The lowest BCUT2D eigenvalue weighted by atomic mass is 9.68. The first-order valence-corrected chi connectivity index (χ1v) is 5.77. The van der Waals surface area contributed by atoms with Crippen molar-refractivity contribution in [3.8, 4) is 0 Å². The molecule has 0 amide bonds. The molecular formula is C12H14N2O3. The quantitative estimate of drug-likeness (QED) is 0.783. The molecular weight excluding hydrogens is 220 g/mol. The Balaban J connectivity index is 1.75. The van der Waals surface area contributed by atoms with E-state index in [0.29, 0.717) is 11.8 Å². The predicted molar refractivity (Wildman–Crippen MR) is 61.0 cm³/mol. The first-order chi connectivity index (χ1) is 8.15. The van der Waals surface area contributed by atoms with Crippen molar-refractivity contribution >= 4 is 11.8 Å². The molecule has 0 aromatic carbocycles. The third-order valence-electron chi connectivity index (χ3n) is 3.80. The van der Waals surface area contributed by atoms with Crippen LogP contribution in [0.15, 0.2) is 18.3 Å². The van der Waals surface area contributed by atoms with E-state index in [2.05, 4.69) is 9.88 Å². The maximum atomic E-state index is 10.7. The molecule has 2 aliphatic heterocycles. The second-order valence-corrected chi connectivity index (χ2v) is 4.86. The molecule has 17 heavy (non-hydrogen) atoms. The summed E-state index contributed by atoms with van der Waals surface area (Å²) >= 11 is 0. The van der Waals surface area contributed by atoms with Gasteiger partial charge in [-0.25, -0.2) is 9.78 Å². The number of carbonyl (C=O) groups is 1. The summed E-state index contributed by atoms with van der Waals surface area (Å²) < 4.78 is 0. The largest absolute Gasteiger partial charge is 0.478 e. The number of pyridine rings is 1. The first-order valence-electron chi connectivity index (χ1n) is 5.77. The van der Waals surface area contributed by atoms with Crippen molar-refractivity contribution in [2.45, 2.75) is 12.5 Å². The highest BCUT2D eigenvalue weighted by molar-refractivity contribution is 5.87. The molecule has 3 aliphatic rings. The van der Waals surface area contributed by atoms with Gasteiger partial charge in [0.25, 0.3) is 0 Å². The average Bonchev–Trinajstić information content (AvgIpc) is 2.38. The average molecular weight is 234 g/mol. The van der Waals surface area contributed by atoms with Crippen LogP contribution >= 0.6 is 0 Å². The number of nitrogens with zero attached hydrogens (tertiary/aromatic N) is 2. The van der Waals surface area contributed by atoms with E-state index in [9.17, 15) is 9.90 Å². The number of fused-ring (bicyclic) bond motifs is 2. The van der Waals surface area contributed by atoms with Gasteiger partial charge in [0.05, 0.1) is 11.7 Å². The first kappa shape index (κ1) is 10.5. The van der Waals surface area contributed by atoms with Crippen LogP contribution in [0.5, 0.6) is 0 Å². The zero-order valence-electron chi connectivity index (χ0n) is 9.28. The van der Waals surface area contributed by atoms with Gasteiger partial charge in [0.1, 0.15) is 5.82 Å². The number of carboxylic acids is 1. The fraction of sp³-hybridized carbons (Fsp3) is 0.500. The van der Waals surface area contributed by atoms with Crippen molar-refractivity contribution in [2.24, 2.45) is 11.8 Å². The maximum absolute atomic E-state index is 10.7. The van der Waals surface area contributed by atoms with Crippen molar-refractivity contribution in [1.82, 2.24) is 4.98 Å².